The maximum Gasteiger partial charge on any atom is 0.238 e. The van der Waals surface area contributed by atoms with E-state index in [1.807, 2.05) is 24.4 Å². The van der Waals surface area contributed by atoms with Crippen molar-refractivity contribution in [1.82, 2.24) is 21.9 Å². The maximum absolute atomic E-state index is 11.9. The summed E-state index contributed by atoms with van der Waals surface area (Å²) in [7, 11) is -3.83. The molecule has 21 heavy (non-hydrogen) atoms. The van der Waals surface area contributed by atoms with Crippen LogP contribution < -0.4 is 27.1 Å². The molecule has 0 atom stereocenters. The van der Waals surface area contributed by atoms with E-state index in [-0.39, 0.29) is 4.90 Å². The van der Waals surface area contributed by atoms with Crippen LogP contribution in [0.5, 0.6) is 0 Å². The van der Waals surface area contributed by atoms with Gasteiger partial charge in [-0.3, -0.25) is 0 Å². The van der Waals surface area contributed by atoms with Gasteiger partial charge in [-0.15, -0.1) is 11.3 Å². The number of hydrogen-bond donors (Lipinski definition) is 5. The first-order chi connectivity index (χ1) is 9.98. The highest BCUT2D eigenvalue weighted by Crippen LogP contribution is 2.35. The molecule has 7 nitrogen and oxygen atoms in total. The second-order valence-corrected chi connectivity index (χ2v) is 7.27. The molecule has 0 saturated carbocycles. The standard InChI is InChI=1S/C12H15N5O2S2/c1-7-8(5-6-20-7)9-3-2-4-10(21(13,18)19)11(9)12-14-16-17-15-12/h2-6,12,14-17H,1H3,(H2,13,18,19). The molecular formula is C12H15N5O2S2. The SMILES string of the molecule is Cc1sccc1-c1cccc(S(N)(=O)=O)c1C1NNNN1. The minimum Gasteiger partial charge on any atom is -0.225 e. The molecule has 1 saturated heterocycles. The van der Waals surface area contributed by atoms with Crippen LogP contribution in [-0.4, -0.2) is 8.42 Å². The Labute approximate surface area is 126 Å². The van der Waals surface area contributed by atoms with Crippen LogP contribution in [0.15, 0.2) is 34.5 Å². The first kappa shape index (κ1) is 14.6. The summed E-state index contributed by atoms with van der Waals surface area (Å²) < 4.78 is 23.8. The van der Waals surface area contributed by atoms with Crippen molar-refractivity contribution >= 4 is 21.4 Å². The molecule has 0 radical (unpaired) electrons. The summed E-state index contributed by atoms with van der Waals surface area (Å²) >= 11 is 1.61. The monoisotopic (exact) mass is 325 g/mol. The highest BCUT2D eigenvalue weighted by Gasteiger charge is 2.27. The van der Waals surface area contributed by atoms with Crippen LogP contribution in [0.3, 0.4) is 0 Å². The molecule has 2 aromatic rings. The highest BCUT2D eigenvalue weighted by atomic mass is 32.2. The van der Waals surface area contributed by atoms with E-state index in [1.165, 1.54) is 6.07 Å². The molecule has 1 aliphatic heterocycles. The Morgan fingerprint density at radius 1 is 1.14 bits per heavy atom. The zero-order chi connectivity index (χ0) is 15.0. The summed E-state index contributed by atoms with van der Waals surface area (Å²) in [6, 6.07) is 7.07. The van der Waals surface area contributed by atoms with E-state index in [4.69, 9.17) is 5.14 Å². The molecule has 0 unspecified atom stereocenters. The number of benzene rings is 1. The molecule has 0 bridgehead atoms. The van der Waals surface area contributed by atoms with E-state index in [1.54, 1.807) is 17.4 Å². The molecule has 112 valence electrons. The lowest BCUT2D eigenvalue weighted by molar-refractivity contribution is 0.540. The fourth-order valence-electron chi connectivity index (χ4n) is 2.39. The Kier molecular flexibility index (Phi) is 3.80. The number of sulfonamides is 1. The Morgan fingerprint density at radius 3 is 2.43 bits per heavy atom. The Hall–Kier alpha value is -1.33. The molecular weight excluding hydrogens is 310 g/mol. The fraction of sp³-hybridized carbons (Fsp3) is 0.167. The van der Waals surface area contributed by atoms with Crippen LogP contribution >= 0.6 is 11.3 Å². The number of nitrogens with two attached hydrogens (primary N) is 1. The Balaban J connectivity index is 2.27. The third-order valence-corrected chi connectivity index (χ3v) is 5.12. The molecule has 3 rings (SSSR count). The van der Waals surface area contributed by atoms with E-state index in [0.29, 0.717) is 5.56 Å². The van der Waals surface area contributed by atoms with E-state index in [0.717, 1.165) is 16.0 Å². The fourth-order valence-corrected chi connectivity index (χ4v) is 3.90. The molecule has 2 heterocycles. The van der Waals surface area contributed by atoms with Crippen LogP contribution in [0.2, 0.25) is 0 Å². The molecule has 1 aliphatic rings. The van der Waals surface area contributed by atoms with Crippen molar-refractivity contribution in [2.24, 2.45) is 5.14 Å². The first-order valence-electron chi connectivity index (χ1n) is 6.20. The number of thiophene rings is 1. The largest absolute Gasteiger partial charge is 0.238 e. The average Bonchev–Trinajstić information content (AvgIpc) is 3.07. The van der Waals surface area contributed by atoms with Gasteiger partial charge in [0.2, 0.25) is 10.0 Å². The van der Waals surface area contributed by atoms with Gasteiger partial charge in [-0.25, -0.2) is 24.4 Å². The molecule has 9 heteroatoms. The van der Waals surface area contributed by atoms with Gasteiger partial charge in [0.15, 0.2) is 0 Å². The Morgan fingerprint density at radius 2 is 1.86 bits per heavy atom. The lowest BCUT2D eigenvalue weighted by Crippen LogP contribution is -2.33. The maximum atomic E-state index is 11.9. The van der Waals surface area contributed by atoms with Crippen LogP contribution in [-0.2, 0) is 10.0 Å². The van der Waals surface area contributed by atoms with Gasteiger partial charge in [0.25, 0.3) is 0 Å². The third kappa shape index (κ3) is 2.72. The lowest BCUT2D eigenvalue weighted by atomic mass is 9.98. The summed E-state index contributed by atoms with van der Waals surface area (Å²) in [4.78, 5) is 1.21. The summed E-state index contributed by atoms with van der Waals surface area (Å²) in [5.41, 5.74) is 13.6. The van der Waals surface area contributed by atoms with Gasteiger partial charge in [0.05, 0.1) is 4.90 Å². The van der Waals surface area contributed by atoms with Gasteiger partial charge in [-0.1, -0.05) is 12.1 Å². The minimum absolute atomic E-state index is 0.0982. The predicted octanol–water partition coefficient (Wildman–Crippen LogP) is 0.487. The summed E-state index contributed by atoms with van der Waals surface area (Å²) in [6.07, 6.45) is -0.422. The minimum atomic E-state index is -3.83. The zero-order valence-corrected chi connectivity index (χ0v) is 12.8. The van der Waals surface area contributed by atoms with Crippen LogP contribution in [0.4, 0.5) is 0 Å². The van der Waals surface area contributed by atoms with Crippen LogP contribution in [0.25, 0.3) is 11.1 Å². The number of primary sulfonamides is 1. The summed E-state index contributed by atoms with van der Waals surface area (Å²) in [6.45, 7) is 2.00. The highest BCUT2D eigenvalue weighted by molar-refractivity contribution is 7.89. The quantitative estimate of drug-likeness (QED) is 0.562. The predicted molar refractivity (Wildman–Crippen MR) is 81.1 cm³/mol. The summed E-state index contributed by atoms with van der Waals surface area (Å²) in [5.74, 6) is 0. The van der Waals surface area contributed by atoms with Crippen molar-refractivity contribution in [1.29, 1.82) is 0 Å². The van der Waals surface area contributed by atoms with Gasteiger partial charge >= 0.3 is 0 Å². The summed E-state index contributed by atoms with van der Waals surface area (Å²) in [5, 5.41) is 7.34. The normalized spacial score (nSPS) is 16.5. The van der Waals surface area contributed by atoms with Crippen LogP contribution in [0, 0.1) is 6.92 Å². The number of aryl methyl sites for hydroxylation is 1. The smallest absolute Gasteiger partial charge is 0.225 e. The average molecular weight is 325 g/mol. The molecule has 6 N–H and O–H groups in total. The van der Waals surface area contributed by atoms with Crippen molar-refractivity contribution in [3.05, 3.63) is 40.1 Å². The molecule has 0 spiro atoms. The van der Waals surface area contributed by atoms with Gasteiger partial charge in [0.1, 0.15) is 6.17 Å². The van der Waals surface area contributed by atoms with Gasteiger partial charge in [0, 0.05) is 10.4 Å². The van der Waals surface area contributed by atoms with E-state index in [2.05, 4.69) is 21.9 Å². The molecule has 1 fully saturated rings. The number of rotatable bonds is 3. The lowest BCUT2D eigenvalue weighted by Gasteiger charge is -2.18. The van der Waals surface area contributed by atoms with Gasteiger partial charge < -0.3 is 0 Å². The second kappa shape index (κ2) is 5.46. The van der Waals surface area contributed by atoms with Crippen molar-refractivity contribution in [2.45, 2.75) is 18.0 Å². The molecule has 0 aliphatic carbocycles. The molecule has 0 amide bonds. The first-order valence-corrected chi connectivity index (χ1v) is 8.62. The van der Waals surface area contributed by atoms with Gasteiger partial charge in [-0.2, -0.15) is 11.1 Å². The Bertz CT molecular complexity index is 766. The number of hydrogen-bond acceptors (Lipinski definition) is 7. The molecule has 1 aromatic carbocycles. The van der Waals surface area contributed by atoms with E-state index >= 15 is 0 Å². The second-order valence-electron chi connectivity index (χ2n) is 4.62. The van der Waals surface area contributed by atoms with Crippen LogP contribution in [0.1, 0.15) is 16.6 Å². The number of nitrogens with one attached hydrogen (secondary N) is 4. The van der Waals surface area contributed by atoms with Gasteiger partial charge in [-0.05, 0) is 35.6 Å². The molecule has 1 aromatic heterocycles. The number of hydrazine groups is 3. The van der Waals surface area contributed by atoms with Crippen molar-refractivity contribution in [3.63, 3.8) is 0 Å². The van der Waals surface area contributed by atoms with Crippen molar-refractivity contribution < 1.29 is 8.42 Å². The van der Waals surface area contributed by atoms with E-state index < -0.39 is 16.2 Å². The van der Waals surface area contributed by atoms with Crippen molar-refractivity contribution in [2.75, 3.05) is 0 Å². The van der Waals surface area contributed by atoms with Crippen molar-refractivity contribution in [3.8, 4) is 11.1 Å². The topological polar surface area (TPSA) is 108 Å². The third-order valence-electron chi connectivity index (χ3n) is 3.31. The van der Waals surface area contributed by atoms with E-state index in [9.17, 15) is 8.42 Å². The zero-order valence-electron chi connectivity index (χ0n) is 11.2.